The number of ether oxygens (including phenoxy) is 1. The van der Waals surface area contributed by atoms with Crippen molar-refractivity contribution < 1.29 is 9.53 Å². The van der Waals surface area contributed by atoms with Gasteiger partial charge in [0.25, 0.3) is 5.91 Å². The summed E-state index contributed by atoms with van der Waals surface area (Å²) in [6.45, 7) is 7.24. The van der Waals surface area contributed by atoms with E-state index in [1.54, 1.807) is 4.68 Å². The van der Waals surface area contributed by atoms with E-state index in [-0.39, 0.29) is 5.91 Å². The fraction of sp³-hybridized carbons (Fsp3) is 0.348. The van der Waals surface area contributed by atoms with Gasteiger partial charge in [-0.1, -0.05) is 47.1 Å². The second kappa shape index (κ2) is 10.0. The molecule has 0 saturated carbocycles. The van der Waals surface area contributed by atoms with Gasteiger partial charge in [0.2, 0.25) is 0 Å². The van der Waals surface area contributed by atoms with Gasteiger partial charge in [-0.05, 0) is 30.2 Å². The van der Waals surface area contributed by atoms with Crippen LogP contribution < -0.4 is 5.32 Å². The number of carbonyl (C=O) groups excluding carboxylic acids is 1. The number of hydrogen-bond acceptors (Lipinski definition) is 5. The summed E-state index contributed by atoms with van der Waals surface area (Å²) in [7, 11) is 0. The van der Waals surface area contributed by atoms with Gasteiger partial charge in [0.05, 0.1) is 26.0 Å². The zero-order valence-electron chi connectivity index (χ0n) is 17.6. The van der Waals surface area contributed by atoms with E-state index in [0.717, 1.165) is 55.2 Å². The topological polar surface area (TPSA) is 72.3 Å². The molecule has 1 saturated heterocycles. The Balaban J connectivity index is 1.42. The summed E-state index contributed by atoms with van der Waals surface area (Å²) in [5, 5.41) is 12.2. The van der Waals surface area contributed by atoms with E-state index in [0.29, 0.717) is 23.7 Å². The van der Waals surface area contributed by atoms with Gasteiger partial charge in [-0.2, -0.15) is 0 Å². The summed E-state index contributed by atoms with van der Waals surface area (Å²) >= 11 is 6.25. The first-order valence-electron chi connectivity index (χ1n) is 10.4. The van der Waals surface area contributed by atoms with Gasteiger partial charge in [0.1, 0.15) is 5.69 Å². The highest BCUT2D eigenvalue weighted by atomic mass is 35.5. The summed E-state index contributed by atoms with van der Waals surface area (Å²) in [6.07, 6.45) is 1.87. The third kappa shape index (κ3) is 5.50. The van der Waals surface area contributed by atoms with E-state index in [1.165, 1.54) is 0 Å². The van der Waals surface area contributed by atoms with Gasteiger partial charge in [-0.3, -0.25) is 9.69 Å². The van der Waals surface area contributed by atoms with Crippen LogP contribution in [0, 0.1) is 6.92 Å². The van der Waals surface area contributed by atoms with Crippen LogP contribution in [-0.4, -0.2) is 65.2 Å². The van der Waals surface area contributed by atoms with Crippen molar-refractivity contribution in [3.63, 3.8) is 0 Å². The minimum atomic E-state index is -0.0731. The molecule has 162 valence electrons. The molecule has 0 aliphatic carbocycles. The lowest BCUT2D eigenvalue weighted by Gasteiger charge is -2.26. The minimum absolute atomic E-state index is 0.0731. The highest BCUT2D eigenvalue weighted by molar-refractivity contribution is 6.31. The predicted molar refractivity (Wildman–Crippen MR) is 120 cm³/mol. The van der Waals surface area contributed by atoms with Crippen LogP contribution in [-0.2, 0) is 11.3 Å². The number of hydrogen-bond donors (Lipinski definition) is 1. The Kier molecular flexibility index (Phi) is 6.96. The molecule has 3 aromatic rings. The monoisotopic (exact) mass is 439 g/mol. The Morgan fingerprint density at radius 1 is 1.19 bits per heavy atom. The number of amides is 1. The molecule has 8 heteroatoms. The Morgan fingerprint density at radius 3 is 2.81 bits per heavy atom. The molecule has 1 aliphatic heterocycles. The van der Waals surface area contributed by atoms with Gasteiger partial charge >= 0.3 is 0 Å². The molecule has 0 atom stereocenters. The first-order chi connectivity index (χ1) is 15.1. The molecule has 1 N–H and O–H groups in total. The second-order valence-electron chi connectivity index (χ2n) is 7.63. The SMILES string of the molecule is Cc1ccc(-c2cn(Cc3ccccc3Cl)nn2)cc1C(=O)NCCN1CCOCC1. The molecule has 1 amide bonds. The molecule has 2 aromatic carbocycles. The van der Waals surface area contributed by atoms with Crippen LogP contribution in [0.5, 0.6) is 0 Å². The third-order valence-electron chi connectivity index (χ3n) is 5.42. The van der Waals surface area contributed by atoms with E-state index in [9.17, 15) is 4.79 Å². The molecule has 0 bridgehead atoms. The van der Waals surface area contributed by atoms with Crippen LogP contribution >= 0.6 is 11.6 Å². The third-order valence-corrected chi connectivity index (χ3v) is 5.79. The Hall–Kier alpha value is -2.74. The zero-order valence-corrected chi connectivity index (χ0v) is 18.3. The average Bonchev–Trinajstić information content (AvgIpc) is 3.25. The lowest BCUT2D eigenvalue weighted by atomic mass is 10.0. The van der Waals surface area contributed by atoms with E-state index in [2.05, 4.69) is 20.5 Å². The molecule has 1 aliphatic rings. The first-order valence-corrected chi connectivity index (χ1v) is 10.8. The molecule has 31 heavy (non-hydrogen) atoms. The fourth-order valence-corrected chi connectivity index (χ4v) is 3.78. The Morgan fingerprint density at radius 2 is 2.00 bits per heavy atom. The number of nitrogens with zero attached hydrogens (tertiary/aromatic N) is 4. The maximum absolute atomic E-state index is 12.8. The van der Waals surface area contributed by atoms with Crippen molar-refractivity contribution in [1.82, 2.24) is 25.2 Å². The maximum Gasteiger partial charge on any atom is 0.251 e. The molecule has 0 unspecified atom stereocenters. The number of aromatic nitrogens is 3. The predicted octanol–water partition coefficient (Wildman–Crippen LogP) is 3.02. The van der Waals surface area contributed by atoms with Crippen LogP contribution in [0.15, 0.2) is 48.7 Å². The lowest BCUT2D eigenvalue weighted by Crippen LogP contribution is -2.41. The average molecular weight is 440 g/mol. The van der Waals surface area contributed by atoms with Crippen molar-refractivity contribution in [2.75, 3.05) is 39.4 Å². The Bertz CT molecular complexity index is 1050. The van der Waals surface area contributed by atoms with Crippen LogP contribution in [0.3, 0.4) is 0 Å². The molecule has 0 radical (unpaired) electrons. The summed E-state index contributed by atoms with van der Waals surface area (Å²) < 4.78 is 7.11. The van der Waals surface area contributed by atoms with Gasteiger partial charge in [0.15, 0.2) is 0 Å². The number of benzene rings is 2. The molecular formula is C23H26ClN5O2. The van der Waals surface area contributed by atoms with Crippen molar-refractivity contribution in [1.29, 1.82) is 0 Å². The molecular weight excluding hydrogens is 414 g/mol. The summed E-state index contributed by atoms with van der Waals surface area (Å²) in [4.78, 5) is 15.1. The second-order valence-corrected chi connectivity index (χ2v) is 8.04. The van der Waals surface area contributed by atoms with Crippen molar-refractivity contribution in [2.45, 2.75) is 13.5 Å². The minimum Gasteiger partial charge on any atom is -0.379 e. The van der Waals surface area contributed by atoms with Crippen LogP contribution in [0.1, 0.15) is 21.5 Å². The number of carbonyl (C=O) groups is 1. The van der Waals surface area contributed by atoms with Gasteiger partial charge in [-0.25, -0.2) is 4.68 Å². The molecule has 4 rings (SSSR count). The van der Waals surface area contributed by atoms with Crippen LogP contribution in [0.2, 0.25) is 5.02 Å². The van der Waals surface area contributed by atoms with Gasteiger partial charge in [-0.15, -0.1) is 5.10 Å². The molecule has 0 spiro atoms. The van der Waals surface area contributed by atoms with Crippen molar-refractivity contribution >= 4 is 17.5 Å². The van der Waals surface area contributed by atoms with Crippen molar-refractivity contribution in [2.24, 2.45) is 0 Å². The molecule has 1 fully saturated rings. The first kappa shape index (κ1) is 21.5. The Labute approximate surface area is 187 Å². The summed E-state index contributed by atoms with van der Waals surface area (Å²) in [5.41, 5.74) is 4.13. The van der Waals surface area contributed by atoms with Crippen molar-refractivity contribution in [3.05, 3.63) is 70.4 Å². The van der Waals surface area contributed by atoms with Gasteiger partial charge < -0.3 is 10.1 Å². The smallest absolute Gasteiger partial charge is 0.251 e. The van der Waals surface area contributed by atoms with E-state index >= 15 is 0 Å². The number of halogens is 1. The van der Waals surface area contributed by atoms with Crippen molar-refractivity contribution in [3.8, 4) is 11.3 Å². The normalized spacial score (nSPS) is 14.5. The maximum atomic E-state index is 12.8. The summed E-state index contributed by atoms with van der Waals surface area (Å²) in [6, 6.07) is 13.5. The number of rotatable bonds is 7. The lowest BCUT2D eigenvalue weighted by molar-refractivity contribution is 0.0383. The van der Waals surface area contributed by atoms with E-state index in [1.807, 2.05) is 55.6 Å². The highest BCUT2D eigenvalue weighted by Crippen LogP contribution is 2.22. The largest absolute Gasteiger partial charge is 0.379 e. The van der Waals surface area contributed by atoms with E-state index in [4.69, 9.17) is 16.3 Å². The fourth-order valence-electron chi connectivity index (χ4n) is 3.58. The highest BCUT2D eigenvalue weighted by Gasteiger charge is 2.14. The zero-order chi connectivity index (χ0) is 21.6. The molecule has 1 aromatic heterocycles. The standard InChI is InChI=1S/C23H26ClN5O2/c1-17-6-7-18(14-20(17)23(30)25-8-9-28-10-12-31-13-11-28)22-16-29(27-26-22)15-19-4-2-3-5-21(19)24/h2-7,14,16H,8-13,15H2,1H3,(H,25,30). The number of aryl methyl sites for hydroxylation is 1. The number of nitrogens with one attached hydrogen (secondary N) is 1. The quantitative estimate of drug-likeness (QED) is 0.612. The summed E-state index contributed by atoms with van der Waals surface area (Å²) in [5.74, 6) is -0.0731. The molecule has 7 nitrogen and oxygen atoms in total. The van der Waals surface area contributed by atoms with Crippen LogP contribution in [0.25, 0.3) is 11.3 Å². The van der Waals surface area contributed by atoms with Crippen LogP contribution in [0.4, 0.5) is 0 Å². The van der Waals surface area contributed by atoms with Gasteiger partial charge in [0, 0.05) is 42.3 Å². The number of morpholine rings is 1. The van der Waals surface area contributed by atoms with E-state index < -0.39 is 0 Å². The molecule has 2 heterocycles.